The van der Waals surface area contributed by atoms with E-state index in [1.54, 1.807) is 12.4 Å². The molecule has 7 heteroatoms. The number of aromatic nitrogens is 2. The van der Waals surface area contributed by atoms with Gasteiger partial charge in [0.25, 0.3) is 5.91 Å². The first-order valence-corrected chi connectivity index (χ1v) is 8.60. The molecule has 0 aliphatic carbocycles. The Kier molecular flexibility index (Phi) is 3.74. The third-order valence-electron chi connectivity index (χ3n) is 4.34. The van der Waals surface area contributed by atoms with Gasteiger partial charge in [0.1, 0.15) is 0 Å². The molecule has 2 aliphatic rings. The number of nitrogens with zero attached hydrogens (tertiary/aromatic N) is 4. The number of carbonyl (C=O) groups excluding carboxylic acids is 1. The van der Waals surface area contributed by atoms with Gasteiger partial charge in [-0.2, -0.15) is 0 Å². The molecule has 120 valence electrons. The zero-order chi connectivity index (χ0) is 15.8. The number of likely N-dealkylation sites (tertiary alicyclic amines) is 1. The van der Waals surface area contributed by atoms with E-state index in [1.807, 2.05) is 29.3 Å². The lowest BCUT2D eigenvalue weighted by molar-refractivity contribution is 0.0297. The SMILES string of the molecule is Cc1csc(C(=O)N2C[C@@H]3OCCN(c4ncccn4)[C@H]3C2)c1. The average Bonchev–Trinajstić information content (AvgIpc) is 3.20. The molecule has 0 bridgehead atoms. The molecule has 6 nitrogen and oxygen atoms in total. The van der Waals surface area contributed by atoms with Crippen LogP contribution in [0.15, 0.2) is 29.9 Å². The number of thiophene rings is 1. The van der Waals surface area contributed by atoms with Gasteiger partial charge in [0.05, 0.1) is 23.6 Å². The fourth-order valence-corrected chi connectivity index (χ4v) is 4.11. The minimum atomic E-state index is 0.0255. The normalized spacial score (nSPS) is 23.9. The summed E-state index contributed by atoms with van der Waals surface area (Å²) in [7, 11) is 0. The van der Waals surface area contributed by atoms with Gasteiger partial charge in [0.15, 0.2) is 0 Å². The van der Waals surface area contributed by atoms with E-state index in [9.17, 15) is 4.79 Å². The molecule has 2 atom stereocenters. The third kappa shape index (κ3) is 2.70. The van der Waals surface area contributed by atoms with Crippen molar-refractivity contribution < 1.29 is 9.53 Å². The Morgan fingerprint density at radius 3 is 2.91 bits per heavy atom. The fraction of sp³-hybridized carbons (Fsp3) is 0.438. The van der Waals surface area contributed by atoms with Gasteiger partial charge in [-0.3, -0.25) is 4.79 Å². The number of amides is 1. The standard InChI is InChI=1S/C16H18N4O2S/c1-11-7-14(23-10-11)15(21)19-8-12-13(9-19)22-6-5-20(12)16-17-3-2-4-18-16/h2-4,7,10,12-13H,5-6,8-9H2,1H3/t12-,13-/m0/s1. The van der Waals surface area contributed by atoms with Crippen LogP contribution in [-0.4, -0.2) is 59.2 Å². The van der Waals surface area contributed by atoms with Crippen LogP contribution in [0.1, 0.15) is 15.2 Å². The van der Waals surface area contributed by atoms with E-state index >= 15 is 0 Å². The molecule has 4 heterocycles. The molecule has 2 aromatic rings. The number of anilines is 1. The number of carbonyl (C=O) groups is 1. The summed E-state index contributed by atoms with van der Waals surface area (Å²) in [5, 5.41) is 2.01. The Bertz CT molecular complexity index is 705. The largest absolute Gasteiger partial charge is 0.372 e. The monoisotopic (exact) mass is 330 g/mol. The van der Waals surface area contributed by atoms with Gasteiger partial charge in [-0.25, -0.2) is 9.97 Å². The van der Waals surface area contributed by atoms with Crippen LogP contribution in [-0.2, 0) is 4.74 Å². The van der Waals surface area contributed by atoms with Gasteiger partial charge in [-0.15, -0.1) is 11.3 Å². The summed E-state index contributed by atoms with van der Waals surface area (Å²) in [5.74, 6) is 0.807. The predicted octanol–water partition coefficient (Wildman–Crippen LogP) is 1.58. The van der Waals surface area contributed by atoms with Crippen molar-refractivity contribution >= 4 is 23.2 Å². The second-order valence-corrected chi connectivity index (χ2v) is 6.83. The number of ether oxygens (including phenoxy) is 1. The van der Waals surface area contributed by atoms with Crippen LogP contribution < -0.4 is 4.90 Å². The van der Waals surface area contributed by atoms with Crippen LogP contribution in [0.3, 0.4) is 0 Å². The molecule has 23 heavy (non-hydrogen) atoms. The summed E-state index contributed by atoms with van der Waals surface area (Å²) in [6, 6.07) is 3.88. The molecule has 2 saturated heterocycles. The molecular weight excluding hydrogens is 312 g/mol. The summed E-state index contributed by atoms with van der Waals surface area (Å²) < 4.78 is 5.89. The zero-order valence-electron chi connectivity index (χ0n) is 12.9. The van der Waals surface area contributed by atoms with Crippen molar-refractivity contribution in [2.24, 2.45) is 0 Å². The quantitative estimate of drug-likeness (QED) is 0.837. The molecule has 2 aliphatic heterocycles. The van der Waals surface area contributed by atoms with Crippen LogP contribution in [0.4, 0.5) is 5.95 Å². The summed E-state index contributed by atoms with van der Waals surface area (Å²) in [6.45, 7) is 4.68. The van der Waals surface area contributed by atoms with Gasteiger partial charge in [0.2, 0.25) is 5.95 Å². The Morgan fingerprint density at radius 1 is 1.35 bits per heavy atom. The predicted molar refractivity (Wildman–Crippen MR) is 87.9 cm³/mol. The molecular formula is C16H18N4O2S. The van der Waals surface area contributed by atoms with Crippen molar-refractivity contribution in [3.05, 3.63) is 40.3 Å². The Hall–Kier alpha value is -1.99. The van der Waals surface area contributed by atoms with Crippen molar-refractivity contribution in [2.45, 2.75) is 19.1 Å². The van der Waals surface area contributed by atoms with E-state index in [4.69, 9.17) is 4.74 Å². The summed E-state index contributed by atoms with van der Waals surface area (Å²) >= 11 is 1.50. The molecule has 2 fully saturated rings. The van der Waals surface area contributed by atoms with Crippen LogP contribution in [0.5, 0.6) is 0 Å². The first-order chi connectivity index (χ1) is 11.2. The minimum Gasteiger partial charge on any atom is -0.372 e. The molecule has 4 rings (SSSR count). The van der Waals surface area contributed by atoms with E-state index in [1.165, 1.54) is 11.3 Å². The molecule has 0 radical (unpaired) electrons. The van der Waals surface area contributed by atoms with Crippen LogP contribution in [0, 0.1) is 6.92 Å². The van der Waals surface area contributed by atoms with Gasteiger partial charge >= 0.3 is 0 Å². The molecule has 1 amide bonds. The lowest BCUT2D eigenvalue weighted by atomic mass is 10.1. The van der Waals surface area contributed by atoms with Crippen molar-refractivity contribution in [1.29, 1.82) is 0 Å². The first-order valence-electron chi connectivity index (χ1n) is 7.72. The third-order valence-corrected chi connectivity index (χ3v) is 5.38. The second-order valence-electron chi connectivity index (χ2n) is 5.92. The number of hydrogen-bond acceptors (Lipinski definition) is 6. The van der Waals surface area contributed by atoms with E-state index in [0.717, 1.165) is 17.0 Å². The minimum absolute atomic E-state index is 0.0255. The Morgan fingerprint density at radius 2 is 2.17 bits per heavy atom. The molecule has 0 N–H and O–H groups in total. The maximum absolute atomic E-state index is 12.7. The first kappa shape index (κ1) is 14.6. The molecule has 0 aromatic carbocycles. The average molecular weight is 330 g/mol. The van der Waals surface area contributed by atoms with Crippen molar-refractivity contribution in [2.75, 3.05) is 31.1 Å². The van der Waals surface area contributed by atoms with Gasteiger partial charge < -0.3 is 14.5 Å². The van der Waals surface area contributed by atoms with E-state index in [0.29, 0.717) is 25.6 Å². The number of aryl methyl sites for hydroxylation is 1. The smallest absolute Gasteiger partial charge is 0.264 e. The fourth-order valence-electron chi connectivity index (χ4n) is 3.24. The van der Waals surface area contributed by atoms with E-state index in [-0.39, 0.29) is 18.1 Å². The topological polar surface area (TPSA) is 58.6 Å². The van der Waals surface area contributed by atoms with Crippen LogP contribution >= 0.6 is 11.3 Å². The maximum Gasteiger partial charge on any atom is 0.264 e. The number of rotatable bonds is 2. The van der Waals surface area contributed by atoms with Crippen molar-refractivity contribution in [3.63, 3.8) is 0 Å². The lowest BCUT2D eigenvalue weighted by Gasteiger charge is -2.36. The zero-order valence-corrected chi connectivity index (χ0v) is 13.7. The molecule has 2 aromatic heterocycles. The second kappa shape index (κ2) is 5.90. The highest BCUT2D eigenvalue weighted by molar-refractivity contribution is 7.12. The highest BCUT2D eigenvalue weighted by Gasteiger charge is 2.43. The van der Waals surface area contributed by atoms with Gasteiger partial charge in [-0.05, 0) is 30.0 Å². The maximum atomic E-state index is 12.7. The van der Waals surface area contributed by atoms with Crippen LogP contribution in [0.2, 0.25) is 0 Å². The van der Waals surface area contributed by atoms with E-state index in [2.05, 4.69) is 14.9 Å². The number of morpholine rings is 1. The Labute approximate surface area is 138 Å². The van der Waals surface area contributed by atoms with E-state index < -0.39 is 0 Å². The summed E-state index contributed by atoms with van der Waals surface area (Å²) in [6.07, 6.45) is 3.52. The molecule has 0 saturated carbocycles. The lowest BCUT2D eigenvalue weighted by Crippen LogP contribution is -2.51. The van der Waals surface area contributed by atoms with Crippen molar-refractivity contribution in [3.8, 4) is 0 Å². The van der Waals surface area contributed by atoms with Gasteiger partial charge in [-0.1, -0.05) is 0 Å². The van der Waals surface area contributed by atoms with Gasteiger partial charge in [0, 0.05) is 32.0 Å². The molecule has 0 spiro atoms. The molecule has 0 unspecified atom stereocenters. The van der Waals surface area contributed by atoms with Crippen LogP contribution in [0.25, 0.3) is 0 Å². The van der Waals surface area contributed by atoms with Crippen molar-refractivity contribution in [1.82, 2.24) is 14.9 Å². The highest BCUT2D eigenvalue weighted by atomic mass is 32.1. The number of hydrogen-bond donors (Lipinski definition) is 0. The Balaban J connectivity index is 1.54. The summed E-state index contributed by atoms with van der Waals surface area (Å²) in [5.41, 5.74) is 1.13. The highest BCUT2D eigenvalue weighted by Crippen LogP contribution is 2.27. The number of fused-ring (bicyclic) bond motifs is 1. The summed E-state index contributed by atoms with van der Waals surface area (Å²) in [4.78, 5) is 26.2.